The molecule has 2 aliphatic heterocycles. The smallest absolute Gasteiger partial charge is 0.407 e. The van der Waals surface area contributed by atoms with Crippen molar-refractivity contribution >= 4 is 12.0 Å². The third-order valence-electron chi connectivity index (χ3n) is 5.57. The molecule has 0 aliphatic carbocycles. The van der Waals surface area contributed by atoms with Crippen molar-refractivity contribution in [3.05, 3.63) is 41.7 Å². The number of rotatable bonds is 3. The molecule has 0 saturated carbocycles. The summed E-state index contributed by atoms with van der Waals surface area (Å²) in [6.45, 7) is 2.31. The van der Waals surface area contributed by atoms with Crippen LogP contribution in [-0.2, 0) is 17.8 Å². The number of fused-ring (bicyclic) bond motifs is 1. The number of carboxylic acid groups (broad SMARTS) is 1. The average molecular weight is 384 g/mol. The number of carbonyl (C=O) groups is 2. The summed E-state index contributed by atoms with van der Waals surface area (Å²) in [4.78, 5) is 32.5. The molecule has 28 heavy (non-hydrogen) atoms. The Labute approximate surface area is 163 Å². The number of benzene rings is 1. The SMILES string of the molecule is CN(C(=O)c1nc(-c2ccccc2)n2c1CN(C(=O)O)CC2)C1CCOCC1. The van der Waals surface area contributed by atoms with Gasteiger partial charge in [-0.15, -0.1) is 0 Å². The van der Waals surface area contributed by atoms with Crippen LogP contribution < -0.4 is 0 Å². The fraction of sp³-hybridized carbons (Fsp3) is 0.450. The molecule has 1 saturated heterocycles. The lowest BCUT2D eigenvalue weighted by atomic mass is 10.1. The van der Waals surface area contributed by atoms with Gasteiger partial charge in [-0.3, -0.25) is 4.79 Å². The molecule has 1 fully saturated rings. The Kier molecular flexibility index (Phi) is 5.04. The van der Waals surface area contributed by atoms with E-state index in [4.69, 9.17) is 9.72 Å². The number of aromatic nitrogens is 2. The molecule has 1 aromatic carbocycles. The summed E-state index contributed by atoms with van der Waals surface area (Å²) < 4.78 is 7.38. The van der Waals surface area contributed by atoms with Crippen molar-refractivity contribution in [1.29, 1.82) is 0 Å². The van der Waals surface area contributed by atoms with Crippen molar-refractivity contribution in [2.45, 2.75) is 32.0 Å². The second kappa shape index (κ2) is 7.63. The van der Waals surface area contributed by atoms with E-state index in [9.17, 15) is 14.7 Å². The number of hydrogen-bond donors (Lipinski definition) is 1. The highest BCUT2D eigenvalue weighted by Gasteiger charge is 2.33. The Hall–Kier alpha value is -2.87. The molecule has 148 valence electrons. The summed E-state index contributed by atoms with van der Waals surface area (Å²) in [6, 6.07) is 9.81. The number of carbonyl (C=O) groups excluding carboxylic acids is 1. The standard InChI is InChI=1S/C20H24N4O4/c1-22(15-7-11-28-12-8-15)19(25)17-16-13-23(20(26)27)9-10-24(16)18(21-17)14-5-3-2-4-6-14/h2-6,15H,7-13H2,1H3,(H,26,27). The van der Waals surface area contributed by atoms with Gasteiger partial charge < -0.3 is 24.2 Å². The van der Waals surface area contributed by atoms with Crippen molar-refractivity contribution in [3.8, 4) is 11.4 Å². The molecular weight excluding hydrogens is 360 g/mol. The molecule has 1 aromatic heterocycles. The van der Waals surface area contributed by atoms with Crippen LogP contribution in [0.15, 0.2) is 30.3 Å². The Morgan fingerprint density at radius 2 is 1.89 bits per heavy atom. The van der Waals surface area contributed by atoms with Crippen LogP contribution in [-0.4, -0.2) is 69.3 Å². The maximum atomic E-state index is 13.3. The minimum absolute atomic E-state index is 0.109. The topological polar surface area (TPSA) is 87.9 Å². The highest BCUT2D eigenvalue weighted by atomic mass is 16.5. The van der Waals surface area contributed by atoms with Crippen LogP contribution in [0.3, 0.4) is 0 Å². The summed E-state index contributed by atoms with van der Waals surface area (Å²) >= 11 is 0. The van der Waals surface area contributed by atoms with Crippen LogP contribution in [0.25, 0.3) is 11.4 Å². The van der Waals surface area contributed by atoms with Crippen molar-refractivity contribution in [2.24, 2.45) is 0 Å². The van der Waals surface area contributed by atoms with Gasteiger partial charge >= 0.3 is 6.09 Å². The van der Waals surface area contributed by atoms with Crippen molar-refractivity contribution in [2.75, 3.05) is 26.8 Å². The number of nitrogens with zero attached hydrogens (tertiary/aromatic N) is 4. The first-order valence-corrected chi connectivity index (χ1v) is 9.54. The lowest BCUT2D eigenvalue weighted by Crippen LogP contribution is -2.42. The number of imidazole rings is 1. The lowest BCUT2D eigenvalue weighted by Gasteiger charge is -2.31. The van der Waals surface area contributed by atoms with Crippen molar-refractivity contribution in [3.63, 3.8) is 0 Å². The Morgan fingerprint density at radius 1 is 1.18 bits per heavy atom. The average Bonchev–Trinajstić information content (AvgIpc) is 3.12. The molecule has 8 nitrogen and oxygen atoms in total. The minimum atomic E-state index is -0.982. The van der Waals surface area contributed by atoms with Gasteiger partial charge in [0.05, 0.1) is 12.2 Å². The van der Waals surface area contributed by atoms with Gasteiger partial charge in [0, 0.05) is 45.0 Å². The van der Waals surface area contributed by atoms with Crippen molar-refractivity contribution < 1.29 is 19.4 Å². The van der Waals surface area contributed by atoms with E-state index in [0.717, 1.165) is 18.4 Å². The van der Waals surface area contributed by atoms with Crippen LogP contribution in [0.5, 0.6) is 0 Å². The zero-order chi connectivity index (χ0) is 19.7. The monoisotopic (exact) mass is 384 g/mol. The maximum absolute atomic E-state index is 13.3. The first kappa shape index (κ1) is 18.5. The molecule has 0 radical (unpaired) electrons. The van der Waals surface area contributed by atoms with E-state index in [0.29, 0.717) is 43.5 Å². The van der Waals surface area contributed by atoms with Gasteiger partial charge in [-0.1, -0.05) is 30.3 Å². The normalized spacial score (nSPS) is 17.2. The Bertz CT molecular complexity index is 874. The van der Waals surface area contributed by atoms with Crippen LogP contribution in [0.2, 0.25) is 0 Å². The third kappa shape index (κ3) is 3.35. The van der Waals surface area contributed by atoms with Gasteiger partial charge in [0.1, 0.15) is 5.82 Å². The predicted molar refractivity (Wildman–Crippen MR) is 102 cm³/mol. The summed E-state index contributed by atoms with van der Waals surface area (Å²) in [5, 5.41) is 9.42. The van der Waals surface area contributed by atoms with E-state index < -0.39 is 6.09 Å². The quantitative estimate of drug-likeness (QED) is 0.877. The van der Waals surface area contributed by atoms with E-state index in [1.807, 2.05) is 34.9 Å². The molecule has 0 atom stereocenters. The Morgan fingerprint density at radius 3 is 2.57 bits per heavy atom. The van der Waals surface area contributed by atoms with Crippen LogP contribution in [0, 0.1) is 0 Å². The molecule has 2 amide bonds. The minimum Gasteiger partial charge on any atom is -0.465 e. The molecule has 2 aromatic rings. The first-order chi connectivity index (χ1) is 13.6. The third-order valence-corrected chi connectivity index (χ3v) is 5.57. The van der Waals surface area contributed by atoms with E-state index in [-0.39, 0.29) is 18.5 Å². The summed E-state index contributed by atoms with van der Waals surface area (Å²) in [6.07, 6.45) is 0.612. The molecule has 0 spiro atoms. The van der Waals surface area contributed by atoms with E-state index >= 15 is 0 Å². The highest BCUT2D eigenvalue weighted by molar-refractivity contribution is 5.94. The number of hydrogen-bond acceptors (Lipinski definition) is 4. The molecule has 8 heteroatoms. The fourth-order valence-corrected chi connectivity index (χ4v) is 3.92. The number of amides is 2. The molecule has 3 heterocycles. The zero-order valence-corrected chi connectivity index (χ0v) is 15.9. The van der Waals surface area contributed by atoms with Crippen molar-refractivity contribution in [1.82, 2.24) is 19.4 Å². The van der Waals surface area contributed by atoms with E-state index in [2.05, 4.69) is 0 Å². The van der Waals surface area contributed by atoms with Crippen LogP contribution in [0.1, 0.15) is 29.0 Å². The van der Waals surface area contributed by atoms with E-state index in [1.165, 1.54) is 4.90 Å². The summed E-state index contributed by atoms with van der Waals surface area (Å²) in [7, 11) is 1.80. The van der Waals surface area contributed by atoms with Gasteiger partial charge in [-0.25, -0.2) is 9.78 Å². The predicted octanol–water partition coefficient (Wildman–Crippen LogP) is 2.29. The molecule has 0 bridgehead atoms. The summed E-state index contributed by atoms with van der Waals surface area (Å²) in [5.74, 6) is 0.550. The summed E-state index contributed by atoms with van der Waals surface area (Å²) in [5.41, 5.74) is 1.93. The molecule has 4 rings (SSSR count). The maximum Gasteiger partial charge on any atom is 0.407 e. The van der Waals surface area contributed by atoms with Gasteiger partial charge in [-0.05, 0) is 12.8 Å². The lowest BCUT2D eigenvalue weighted by molar-refractivity contribution is 0.0357. The highest BCUT2D eigenvalue weighted by Crippen LogP contribution is 2.28. The van der Waals surface area contributed by atoms with Crippen LogP contribution in [0.4, 0.5) is 4.79 Å². The fourth-order valence-electron chi connectivity index (χ4n) is 3.92. The van der Waals surface area contributed by atoms with E-state index in [1.54, 1.807) is 11.9 Å². The molecule has 1 N–H and O–H groups in total. The molecule has 0 unspecified atom stereocenters. The van der Waals surface area contributed by atoms with Gasteiger partial charge in [0.25, 0.3) is 5.91 Å². The second-order valence-corrected chi connectivity index (χ2v) is 7.21. The largest absolute Gasteiger partial charge is 0.465 e. The first-order valence-electron chi connectivity index (χ1n) is 9.54. The van der Waals surface area contributed by atoms with Gasteiger partial charge in [0.15, 0.2) is 5.69 Å². The second-order valence-electron chi connectivity index (χ2n) is 7.21. The van der Waals surface area contributed by atoms with Gasteiger partial charge in [-0.2, -0.15) is 0 Å². The zero-order valence-electron chi connectivity index (χ0n) is 15.9. The molecule has 2 aliphatic rings. The van der Waals surface area contributed by atoms with Gasteiger partial charge in [0.2, 0.25) is 0 Å². The Balaban J connectivity index is 1.72. The number of ether oxygens (including phenoxy) is 1. The molecular formula is C20H24N4O4. The van der Waals surface area contributed by atoms with Crippen LogP contribution >= 0.6 is 0 Å².